The van der Waals surface area contributed by atoms with Crippen LogP contribution < -0.4 is 0 Å². The fourth-order valence-electron chi connectivity index (χ4n) is 2.71. The first-order chi connectivity index (χ1) is 7.59. The molecule has 2 aliphatic heterocycles. The minimum Gasteiger partial charge on any atom is -0.377 e. The number of alkyl halides is 1. The van der Waals surface area contributed by atoms with Crippen molar-refractivity contribution in [3.63, 3.8) is 0 Å². The van der Waals surface area contributed by atoms with E-state index in [-0.39, 0.29) is 11.7 Å². The molecule has 2 fully saturated rings. The van der Waals surface area contributed by atoms with Crippen LogP contribution in [0.5, 0.6) is 0 Å². The number of hydrogen-bond acceptors (Lipinski definition) is 3. The summed E-state index contributed by atoms with van der Waals surface area (Å²) < 4.78 is 11.6. The maximum atomic E-state index is 5.91. The Balaban J connectivity index is 1.87. The fraction of sp³-hybridized carbons (Fsp3) is 1.00. The molecule has 0 aromatic heterocycles. The molecule has 0 amide bonds. The van der Waals surface area contributed by atoms with Gasteiger partial charge in [0.25, 0.3) is 0 Å². The number of hydrogen-bond donors (Lipinski definition) is 0. The second kappa shape index (κ2) is 5.21. The van der Waals surface area contributed by atoms with Gasteiger partial charge in [-0.1, -0.05) is 0 Å². The molecule has 0 N–H and O–H groups in total. The lowest BCUT2D eigenvalue weighted by molar-refractivity contribution is -0.132. The highest BCUT2D eigenvalue weighted by Crippen LogP contribution is 2.23. The van der Waals surface area contributed by atoms with Gasteiger partial charge in [0.15, 0.2) is 0 Å². The summed E-state index contributed by atoms with van der Waals surface area (Å²) in [4.78, 5) is 2.44. The van der Waals surface area contributed by atoms with Crippen molar-refractivity contribution in [2.45, 2.75) is 44.5 Å². The number of morpholine rings is 1. The van der Waals surface area contributed by atoms with Crippen molar-refractivity contribution < 1.29 is 9.47 Å². The third kappa shape index (κ3) is 3.33. The number of rotatable bonds is 3. The highest BCUT2D eigenvalue weighted by molar-refractivity contribution is 6.18. The molecule has 0 aromatic rings. The number of halogens is 1. The molecule has 0 spiro atoms. The van der Waals surface area contributed by atoms with Gasteiger partial charge in [-0.25, -0.2) is 0 Å². The van der Waals surface area contributed by atoms with E-state index in [1.165, 1.54) is 12.8 Å². The summed E-state index contributed by atoms with van der Waals surface area (Å²) in [6, 6.07) is 0. The topological polar surface area (TPSA) is 21.7 Å². The van der Waals surface area contributed by atoms with Crippen molar-refractivity contribution >= 4 is 11.6 Å². The maximum Gasteiger partial charge on any atom is 0.0844 e. The van der Waals surface area contributed by atoms with E-state index in [1.54, 1.807) is 0 Å². The number of nitrogens with zero attached hydrogens (tertiary/aromatic N) is 1. The highest BCUT2D eigenvalue weighted by Gasteiger charge is 2.34. The highest BCUT2D eigenvalue weighted by atomic mass is 35.5. The lowest BCUT2D eigenvalue weighted by Gasteiger charge is -2.43. The molecule has 0 saturated carbocycles. The smallest absolute Gasteiger partial charge is 0.0844 e. The Kier molecular flexibility index (Phi) is 4.11. The average molecular weight is 248 g/mol. The van der Waals surface area contributed by atoms with E-state index in [4.69, 9.17) is 21.1 Å². The standard InChI is InChI=1S/C12H22ClNO2/c1-12(2)9-14(8-11(6-13)16-12)7-10-4-3-5-15-10/h10-11H,3-9H2,1-2H3. The summed E-state index contributed by atoms with van der Waals surface area (Å²) in [6.07, 6.45) is 2.98. The molecule has 2 atom stereocenters. The summed E-state index contributed by atoms with van der Waals surface area (Å²) in [6.45, 7) is 8.13. The Bertz CT molecular complexity index is 229. The molecule has 94 valence electrons. The first kappa shape index (κ1) is 12.6. The van der Waals surface area contributed by atoms with E-state index in [1.807, 2.05) is 0 Å². The largest absolute Gasteiger partial charge is 0.377 e. The molecule has 16 heavy (non-hydrogen) atoms. The Labute approximate surface area is 103 Å². The van der Waals surface area contributed by atoms with Crippen LogP contribution in [0.25, 0.3) is 0 Å². The lowest BCUT2D eigenvalue weighted by Crippen LogP contribution is -2.54. The molecule has 2 aliphatic rings. The Morgan fingerprint density at radius 3 is 2.81 bits per heavy atom. The summed E-state index contributed by atoms with van der Waals surface area (Å²) in [7, 11) is 0. The first-order valence-corrected chi connectivity index (χ1v) is 6.70. The van der Waals surface area contributed by atoms with Gasteiger partial charge in [0.1, 0.15) is 0 Å². The first-order valence-electron chi connectivity index (χ1n) is 6.17. The van der Waals surface area contributed by atoms with E-state index < -0.39 is 0 Å². The molecule has 2 saturated heterocycles. The van der Waals surface area contributed by atoms with E-state index in [9.17, 15) is 0 Å². The zero-order valence-corrected chi connectivity index (χ0v) is 11.0. The molecule has 0 radical (unpaired) electrons. The summed E-state index contributed by atoms with van der Waals surface area (Å²) in [5.74, 6) is 0.575. The van der Waals surface area contributed by atoms with Crippen LogP contribution in [0.3, 0.4) is 0 Å². The molecule has 4 heteroatoms. The number of ether oxygens (including phenoxy) is 2. The predicted octanol–water partition coefficient (Wildman–Crippen LogP) is 1.88. The normalized spacial score (nSPS) is 35.4. The van der Waals surface area contributed by atoms with Crippen molar-refractivity contribution in [1.82, 2.24) is 4.90 Å². The molecule has 0 aliphatic carbocycles. The minimum atomic E-state index is -0.0869. The molecule has 2 unspecified atom stereocenters. The van der Waals surface area contributed by atoms with E-state index in [0.717, 1.165) is 26.2 Å². The van der Waals surface area contributed by atoms with Gasteiger partial charge < -0.3 is 9.47 Å². The zero-order chi connectivity index (χ0) is 11.6. The van der Waals surface area contributed by atoms with Crippen LogP contribution in [0, 0.1) is 0 Å². The van der Waals surface area contributed by atoms with Gasteiger partial charge in [-0.15, -0.1) is 11.6 Å². The molecule has 2 heterocycles. The predicted molar refractivity (Wildman–Crippen MR) is 65.1 cm³/mol. The maximum absolute atomic E-state index is 5.91. The van der Waals surface area contributed by atoms with Crippen molar-refractivity contribution in [3.05, 3.63) is 0 Å². The molecule has 0 aromatic carbocycles. The van der Waals surface area contributed by atoms with Crippen molar-refractivity contribution in [2.75, 3.05) is 32.1 Å². The van der Waals surface area contributed by atoms with E-state index in [0.29, 0.717) is 12.0 Å². The van der Waals surface area contributed by atoms with Gasteiger partial charge in [-0.3, -0.25) is 4.90 Å². The molecule has 0 bridgehead atoms. The van der Waals surface area contributed by atoms with Gasteiger partial charge in [0, 0.05) is 32.1 Å². The quantitative estimate of drug-likeness (QED) is 0.711. The third-order valence-electron chi connectivity index (χ3n) is 3.21. The van der Waals surface area contributed by atoms with Crippen LogP contribution in [-0.4, -0.2) is 54.8 Å². The monoisotopic (exact) mass is 247 g/mol. The van der Waals surface area contributed by atoms with Gasteiger partial charge in [-0.2, -0.15) is 0 Å². The van der Waals surface area contributed by atoms with Crippen LogP contribution in [0.4, 0.5) is 0 Å². The van der Waals surface area contributed by atoms with Crippen molar-refractivity contribution in [2.24, 2.45) is 0 Å². The molecule has 2 rings (SSSR count). The van der Waals surface area contributed by atoms with Gasteiger partial charge in [-0.05, 0) is 26.7 Å². The van der Waals surface area contributed by atoms with E-state index in [2.05, 4.69) is 18.7 Å². The zero-order valence-electron chi connectivity index (χ0n) is 10.2. The van der Waals surface area contributed by atoms with Crippen LogP contribution in [0.1, 0.15) is 26.7 Å². The Morgan fingerprint density at radius 1 is 1.38 bits per heavy atom. The summed E-state index contributed by atoms with van der Waals surface area (Å²) in [5.41, 5.74) is -0.0869. The minimum absolute atomic E-state index is 0.0869. The molecular formula is C12H22ClNO2. The third-order valence-corrected chi connectivity index (χ3v) is 3.55. The summed E-state index contributed by atoms with van der Waals surface area (Å²) in [5, 5.41) is 0. The fourth-order valence-corrected chi connectivity index (χ4v) is 2.87. The van der Waals surface area contributed by atoms with Crippen LogP contribution >= 0.6 is 11.6 Å². The van der Waals surface area contributed by atoms with E-state index >= 15 is 0 Å². The second-order valence-electron chi connectivity index (χ2n) is 5.48. The van der Waals surface area contributed by atoms with Gasteiger partial charge in [0.2, 0.25) is 0 Å². The van der Waals surface area contributed by atoms with Crippen LogP contribution in [0.15, 0.2) is 0 Å². The molecular weight excluding hydrogens is 226 g/mol. The second-order valence-corrected chi connectivity index (χ2v) is 5.79. The Morgan fingerprint density at radius 2 is 2.19 bits per heavy atom. The lowest BCUT2D eigenvalue weighted by atomic mass is 10.0. The van der Waals surface area contributed by atoms with Crippen LogP contribution in [-0.2, 0) is 9.47 Å². The van der Waals surface area contributed by atoms with Gasteiger partial charge in [0.05, 0.1) is 17.8 Å². The van der Waals surface area contributed by atoms with Crippen molar-refractivity contribution in [1.29, 1.82) is 0 Å². The Hall–Kier alpha value is 0.170. The van der Waals surface area contributed by atoms with Gasteiger partial charge >= 0.3 is 0 Å². The SMILES string of the molecule is CC1(C)CN(CC2CCCO2)CC(CCl)O1. The average Bonchev–Trinajstić information content (AvgIpc) is 2.67. The van der Waals surface area contributed by atoms with Crippen LogP contribution in [0.2, 0.25) is 0 Å². The van der Waals surface area contributed by atoms with Crippen molar-refractivity contribution in [3.8, 4) is 0 Å². The molecule has 3 nitrogen and oxygen atoms in total. The summed E-state index contributed by atoms with van der Waals surface area (Å²) >= 11 is 5.91.